The maximum Gasteiger partial charge on any atom is 0.160 e. The zero-order valence-electron chi connectivity index (χ0n) is 11.1. The van der Waals surface area contributed by atoms with Crippen molar-refractivity contribution < 1.29 is 0 Å². The summed E-state index contributed by atoms with van der Waals surface area (Å²) in [5, 5.41) is 8.63. The van der Waals surface area contributed by atoms with Crippen LogP contribution in [0.3, 0.4) is 0 Å². The van der Waals surface area contributed by atoms with Gasteiger partial charge in [-0.05, 0) is 51.4 Å². The van der Waals surface area contributed by atoms with Crippen LogP contribution in [-0.2, 0) is 6.42 Å². The van der Waals surface area contributed by atoms with Gasteiger partial charge in [0.2, 0.25) is 0 Å². The Morgan fingerprint density at radius 2 is 2.22 bits per heavy atom. The van der Waals surface area contributed by atoms with Gasteiger partial charge in [-0.3, -0.25) is 4.40 Å². The van der Waals surface area contributed by atoms with E-state index in [0.29, 0.717) is 0 Å². The summed E-state index contributed by atoms with van der Waals surface area (Å²) >= 11 is 0. The highest BCUT2D eigenvalue weighted by molar-refractivity contribution is 5.39. The second-order valence-corrected chi connectivity index (χ2v) is 5.45. The molecule has 3 heterocycles. The van der Waals surface area contributed by atoms with Gasteiger partial charge in [-0.15, -0.1) is 10.2 Å². The van der Waals surface area contributed by atoms with E-state index in [1.807, 2.05) is 12.1 Å². The summed E-state index contributed by atoms with van der Waals surface area (Å²) in [7, 11) is 2.21. The van der Waals surface area contributed by atoms with Gasteiger partial charge in [-0.25, -0.2) is 0 Å². The first-order valence-electron chi connectivity index (χ1n) is 6.72. The third-order valence-corrected chi connectivity index (χ3v) is 3.88. The summed E-state index contributed by atoms with van der Waals surface area (Å²) in [6, 6.07) is 6.18. The minimum atomic E-state index is 0.718. The number of pyridine rings is 1. The molecule has 1 saturated heterocycles. The molecule has 1 atom stereocenters. The monoisotopic (exact) mass is 244 g/mol. The molecule has 18 heavy (non-hydrogen) atoms. The van der Waals surface area contributed by atoms with E-state index in [4.69, 9.17) is 0 Å². The molecule has 0 bridgehead atoms. The van der Waals surface area contributed by atoms with Crippen LogP contribution in [-0.4, -0.2) is 39.6 Å². The van der Waals surface area contributed by atoms with Gasteiger partial charge in [0.25, 0.3) is 0 Å². The molecule has 1 aliphatic heterocycles. The first kappa shape index (κ1) is 11.7. The highest BCUT2D eigenvalue weighted by Crippen LogP contribution is 2.20. The molecule has 0 radical (unpaired) electrons. The minimum absolute atomic E-state index is 0.718. The molecule has 96 valence electrons. The molecule has 0 aromatic carbocycles. The molecule has 0 N–H and O–H groups in total. The van der Waals surface area contributed by atoms with E-state index in [9.17, 15) is 0 Å². The number of likely N-dealkylation sites (tertiary alicyclic amines) is 1. The molecular formula is C14H20N4. The van der Waals surface area contributed by atoms with E-state index in [2.05, 4.69) is 39.5 Å². The average Bonchev–Trinajstić information content (AvgIpc) is 2.74. The smallest absolute Gasteiger partial charge is 0.160 e. The van der Waals surface area contributed by atoms with Crippen LogP contribution in [0.4, 0.5) is 0 Å². The molecule has 2 aromatic heterocycles. The molecule has 0 amide bonds. The second kappa shape index (κ2) is 4.69. The first-order valence-corrected chi connectivity index (χ1v) is 6.72. The van der Waals surface area contributed by atoms with Crippen molar-refractivity contribution in [2.75, 3.05) is 20.1 Å². The third-order valence-electron chi connectivity index (χ3n) is 3.88. The molecule has 0 saturated carbocycles. The molecule has 0 spiro atoms. The summed E-state index contributed by atoms with van der Waals surface area (Å²) in [5.41, 5.74) is 2.19. The van der Waals surface area contributed by atoms with Gasteiger partial charge in [0.1, 0.15) is 5.82 Å². The molecule has 1 fully saturated rings. The van der Waals surface area contributed by atoms with Crippen molar-refractivity contribution in [1.82, 2.24) is 19.5 Å². The van der Waals surface area contributed by atoms with Gasteiger partial charge in [0, 0.05) is 18.7 Å². The number of fused-ring (bicyclic) bond motifs is 1. The van der Waals surface area contributed by atoms with Crippen molar-refractivity contribution in [3.05, 3.63) is 29.7 Å². The molecule has 1 unspecified atom stereocenters. The zero-order chi connectivity index (χ0) is 12.5. The van der Waals surface area contributed by atoms with Crippen LogP contribution >= 0.6 is 0 Å². The highest BCUT2D eigenvalue weighted by Gasteiger charge is 2.20. The van der Waals surface area contributed by atoms with Crippen LogP contribution in [0.1, 0.15) is 24.4 Å². The van der Waals surface area contributed by atoms with E-state index in [1.165, 1.54) is 31.6 Å². The van der Waals surface area contributed by atoms with Gasteiger partial charge in [-0.2, -0.15) is 0 Å². The van der Waals surface area contributed by atoms with Crippen LogP contribution < -0.4 is 0 Å². The molecule has 2 aromatic rings. The number of aromatic nitrogens is 3. The van der Waals surface area contributed by atoms with Crippen molar-refractivity contribution in [2.24, 2.45) is 5.92 Å². The summed E-state index contributed by atoms with van der Waals surface area (Å²) in [5.74, 6) is 1.83. The highest BCUT2D eigenvalue weighted by atomic mass is 15.2. The summed E-state index contributed by atoms with van der Waals surface area (Å²) in [6.07, 6.45) is 3.65. The Balaban J connectivity index is 1.86. The quantitative estimate of drug-likeness (QED) is 0.809. The van der Waals surface area contributed by atoms with Crippen LogP contribution in [0.15, 0.2) is 18.2 Å². The van der Waals surface area contributed by atoms with Crippen LogP contribution in [0.2, 0.25) is 0 Å². The Morgan fingerprint density at radius 3 is 3.06 bits per heavy atom. The lowest BCUT2D eigenvalue weighted by Gasteiger charge is -2.29. The Bertz CT molecular complexity index is 546. The van der Waals surface area contributed by atoms with Gasteiger partial charge in [0.15, 0.2) is 5.65 Å². The van der Waals surface area contributed by atoms with Gasteiger partial charge < -0.3 is 4.90 Å². The number of piperidine rings is 1. The SMILES string of the molecule is Cc1cccc2nnc(CC3CCCN(C)C3)n12. The number of hydrogen-bond acceptors (Lipinski definition) is 3. The molecular weight excluding hydrogens is 224 g/mol. The van der Waals surface area contributed by atoms with E-state index < -0.39 is 0 Å². The van der Waals surface area contributed by atoms with Gasteiger partial charge in [0.05, 0.1) is 0 Å². The van der Waals surface area contributed by atoms with Gasteiger partial charge >= 0.3 is 0 Å². The normalized spacial score (nSPS) is 21.6. The topological polar surface area (TPSA) is 33.4 Å². The number of hydrogen-bond donors (Lipinski definition) is 0. The minimum Gasteiger partial charge on any atom is -0.306 e. The van der Waals surface area contributed by atoms with Crippen LogP contribution in [0.25, 0.3) is 5.65 Å². The molecule has 4 nitrogen and oxygen atoms in total. The number of rotatable bonds is 2. The lowest BCUT2D eigenvalue weighted by molar-refractivity contribution is 0.207. The Labute approximate surface area is 108 Å². The number of nitrogens with zero attached hydrogens (tertiary/aromatic N) is 4. The maximum absolute atomic E-state index is 4.37. The Morgan fingerprint density at radius 1 is 1.33 bits per heavy atom. The van der Waals surface area contributed by atoms with Crippen LogP contribution in [0, 0.1) is 12.8 Å². The fourth-order valence-corrected chi connectivity index (χ4v) is 3.00. The van der Waals surface area contributed by atoms with E-state index in [1.54, 1.807) is 0 Å². The standard InChI is InChI=1S/C14H20N4/c1-11-5-3-7-13-15-16-14(18(11)13)9-12-6-4-8-17(2)10-12/h3,5,7,12H,4,6,8-10H2,1-2H3. The first-order chi connectivity index (χ1) is 8.74. The van der Waals surface area contributed by atoms with Crippen LogP contribution in [0.5, 0.6) is 0 Å². The summed E-state index contributed by atoms with van der Waals surface area (Å²) in [6.45, 7) is 4.53. The molecule has 4 heteroatoms. The Hall–Kier alpha value is -1.42. The fraction of sp³-hybridized carbons (Fsp3) is 0.571. The third kappa shape index (κ3) is 2.12. The van der Waals surface area contributed by atoms with Crippen molar-refractivity contribution in [1.29, 1.82) is 0 Å². The molecule has 0 aliphatic carbocycles. The summed E-state index contributed by atoms with van der Waals surface area (Å²) in [4.78, 5) is 2.42. The zero-order valence-corrected chi connectivity index (χ0v) is 11.1. The van der Waals surface area contributed by atoms with E-state index in [0.717, 1.165) is 23.8 Å². The van der Waals surface area contributed by atoms with Gasteiger partial charge in [-0.1, -0.05) is 6.07 Å². The molecule has 3 rings (SSSR count). The van der Waals surface area contributed by atoms with Crippen molar-refractivity contribution in [3.8, 4) is 0 Å². The lowest BCUT2D eigenvalue weighted by atomic mass is 9.95. The Kier molecular flexibility index (Phi) is 3.04. The lowest BCUT2D eigenvalue weighted by Crippen LogP contribution is -2.33. The molecule has 1 aliphatic rings. The maximum atomic E-state index is 4.37. The fourth-order valence-electron chi connectivity index (χ4n) is 3.00. The summed E-state index contributed by atoms with van der Waals surface area (Å²) < 4.78 is 2.19. The van der Waals surface area contributed by atoms with Crippen molar-refractivity contribution >= 4 is 5.65 Å². The predicted octanol–water partition coefficient (Wildman–Crippen LogP) is 1.92. The number of aryl methyl sites for hydroxylation is 1. The second-order valence-electron chi connectivity index (χ2n) is 5.45. The van der Waals surface area contributed by atoms with E-state index in [-0.39, 0.29) is 0 Å². The average molecular weight is 244 g/mol. The van der Waals surface area contributed by atoms with Crippen molar-refractivity contribution in [2.45, 2.75) is 26.2 Å². The van der Waals surface area contributed by atoms with E-state index >= 15 is 0 Å². The largest absolute Gasteiger partial charge is 0.306 e. The predicted molar refractivity (Wildman–Crippen MR) is 71.6 cm³/mol. The van der Waals surface area contributed by atoms with Crippen molar-refractivity contribution in [3.63, 3.8) is 0 Å².